The molecular weight excluding hydrogens is 614 g/mol. The summed E-state index contributed by atoms with van der Waals surface area (Å²) in [4.78, 5) is 61.2. The monoisotopic (exact) mass is 649 g/mol. The molecular formula is C35H35N7O4S. The Bertz CT molecular complexity index is 1880. The van der Waals surface area contributed by atoms with Gasteiger partial charge in [0.05, 0.1) is 23.3 Å². The van der Waals surface area contributed by atoms with Gasteiger partial charge in [-0.05, 0) is 41.7 Å². The highest BCUT2D eigenvalue weighted by Crippen LogP contribution is 2.32. The number of benzene rings is 3. The Morgan fingerprint density at radius 2 is 1.83 bits per heavy atom. The molecule has 0 saturated carbocycles. The molecule has 4 aromatic rings. The smallest absolute Gasteiger partial charge is 0.331 e. The molecule has 1 aromatic heterocycles. The van der Waals surface area contributed by atoms with Crippen LogP contribution in [0.5, 0.6) is 0 Å². The average Bonchev–Trinajstić information content (AvgIpc) is 3.63. The maximum absolute atomic E-state index is 14.3. The number of amides is 4. The molecule has 12 heteroatoms. The predicted octanol–water partition coefficient (Wildman–Crippen LogP) is 3.50. The largest absolute Gasteiger partial charge is 0.375 e. The molecule has 240 valence electrons. The van der Waals surface area contributed by atoms with Crippen LogP contribution in [0.3, 0.4) is 0 Å². The minimum absolute atomic E-state index is 0.0160. The lowest BCUT2D eigenvalue weighted by Crippen LogP contribution is -2.66. The SMILES string of the molecule is CCCN(C(=O)NC)N1CC(=O)N2[C@@H](Cc3ccc(C#CC(=O)c4ccccc4)cc3)C(=O)N(Cc3cccc4sc(N)nc34)C[C@@H]21. The Kier molecular flexibility index (Phi) is 9.19. The fourth-order valence-electron chi connectivity index (χ4n) is 6.17. The molecule has 2 atom stereocenters. The first-order chi connectivity index (χ1) is 22.8. The van der Waals surface area contributed by atoms with E-state index >= 15 is 0 Å². The number of nitrogens with zero attached hydrogens (tertiary/aromatic N) is 5. The number of hydrogen-bond acceptors (Lipinski definition) is 8. The van der Waals surface area contributed by atoms with Crippen molar-refractivity contribution in [3.8, 4) is 11.8 Å². The van der Waals surface area contributed by atoms with Gasteiger partial charge in [0.25, 0.3) is 0 Å². The van der Waals surface area contributed by atoms with Gasteiger partial charge in [-0.3, -0.25) is 19.4 Å². The topological polar surface area (TPSA) is 132 Å². The Hall–Kier alpha value is -5.25. The zero-order valence-corrected chi connectivity index (χ0v) is 27.0. The predicted molar refractivity (Wildman–Crippen MR) is 180 cm³/mol. The first kappa shape index (κ1) is 31.7. The molecule has 3 heterocycles. The molecule has 3 aromatic carbocycles. The lowest BCUT2D eigenvalue weighted by Gasteiger charge is -2.46. The van der Waals surface area contributed by atoms with E-state index in [-0.39, 0.29) is 49.7 Å². The maximum atomic E-state index is 14.3. The number of nitrogen functional groups attached to an aromatic ring is 1. The molecule has 0 bridgehead atoms. The number of urea groups is 1. The van der Waals surface area contributed by atoms with E-state index in [1.54, 1.807) is 51.1 Å². The second-order valence-electron chi connectivity index (χ2n) is 11.5. The minimum Gasteiger partial charge on any atom is -0.375 e. The van der Waals surface area contributed by atoms with E-state index in [4.69, 9.17) is 5.73 Å². The van der Waals surface area contributed by atoms with Crippen LogP contribution >= 0.6 is 11.3 Å². The molecule has 47 heavy (non-hydrogen) atoms. The van der Waals surface area contributed by atoms with Crippen molar-refractivity contribution < 1.29 is 19.2 Å². The fraction of sp³-hybridized carbons (Fsp3) is 0.286. The van der Waals surface area contributed by atoms with Crippen LogP contribution in [-0.2, 0) is 22.6 Å². The number of aromatic nitrogens is 1. The van der Waals surface area contributed by atoms with E-state index in [9.17, 15) is 19.2 Å². The minimum atomic E-state index is -0.796. The van der Waals surface area contributed by atoms with Crippen LogP contribution in [0.1, 0.15) is 40.4 Å². The molecule has 2 aliphatic rings. The molecule has 2 saturated heterocycles. The van der Waals surface area contributed by atoms with E-state index in [0.29, 0.717) is 29.2 Å². The summed E-state index contributed by atoms with van der Waals surface area (Å²) in [5.41, 5.74) is 9.64. The number of ketones is 1. The van der Waals surface area contributed by atoms with Crippen LogP contribution in [0.25, 0.3) is 10.2 Å². The number of carbonyl (C=O) groups excluding carboxylic acids is 4. The molecule has 3 N–H and O–H groups in total. The third kappa shape index (κ3) is 6.54. The summed E-state index contributed by atoms with van der Waals surface area (Å²) >= 11 is 1.39. The highest BCUT2D eigenvalue weighted by molar-refractivity contribution is 7.22. The highest BCUT2D eigenvalue weighted by Gasteiger charge is 2.52. The summed E-state index contributed by atoms with van der Waals surface area (Å²) < 4.78 is 0.933. The number of nitrogens with two attached hydrogens (primary N) is 1. The van der Waals surface area contributed by atoms with Crippen molar-refractivity contribution >= 4 is 50.3 Å². The van der Waals surface area contributed by atoms with Crippen molar-refractivity contribution in [2.45, 2.75) is 38.5 Å². The fourth-order valence-corrected chi connectivity index (χ4v) is 6.95. The molecule has 4 amide bonds. The van der Waals surface area contributed by atoms with Crippen LogP contribution in [0.4, 0.5) is 9.93 Å². The number of anilines is 1. The highest BCUT2D eigenvalue weighted by atomic mass is 32.1. The number of thiazole rings is 1. The summed E-state index contributed by atoms with van der Waals surface area (Å²) in [5, 5.41) is 6.49. The number of carbonyl (C=O) groups is 4. The molecule has 6 rings (SSSR count). The first-order valence-electron chi connectivity index (χ1n) is 15.5. The van der Waals surface area contributed by atoms with Gasteiger partial charge < -0.3 is 20.9 Å². The van der Waals surface area contributed by atoms with Crippen molar-refractivity contribution in [3.05, 3.63) is 95.1 Å². The van der Waals surface area contributed by atoms with Gasteiger partial charge in [-0.2, -0.15) is 5.01 Å². The van der Waals surface area contributed by atoms with Crippen molar-refractivity contribution in [1.82, 2.24) is 30.1 Å². The number of Topliss-reactive ketones (excluding diaryl/α,β-unsaturated/α-hetero) is 1. The third-order valence-corrected chi connectivity index (χ3v) is 9.23. The van der Waals surface area contributed by atoms with Crippen LogP contribution in [0, 0.1) is 11.8 Å². The van der Waals surface area contributed by atoms with Crippen molar-refractivity contribution in [1.29, 1.82) is 0 Å². The Balaban J connectivity index is 1.29. The summed E-state index contributed by atoms with van der Waals surface area (Å²) in [7, 11) is 1.56. The van der Waals surface area contributed by atoms with Gasteiger partial charge in [0.1, 0.15) is 12.2 Å². The number of piperazine rings is 1. The van der Waals surface area contributed by atoms with Crippen LogP contribution in [0.2, 0.25) is 0 Å². The molecule has 11 nitrogen and oxygen atoms in total. The van der Waals surface area contributed by atoms with Gasteiger partial charge >= 0.3 is 6.03 Å². The number of hydrogen-bond donors (Lipinski definition) is 2. The van der Waals surface area contributed by atoms with Gasteiger partial charge in [-0.1, -0.05) is 78.8 Å². The number of para-hydroxylation sites is 1. The quantitative estimate of drug-likeness (QED) is 0.221. The summed E-state index contributed by atoms with van der Waals surface area (Å²) in [6.45, 7) is 2.87. The lowest BCUT2D eigenvalue weighted by molar-refractivity contribution is -0.157. The van der Waals surface area contributed by atoms with Crippen molar-refractivity contribution in [3.63, 3.8) is 0 Å². The zero-order valence-electron chi connectivity index (χ0n) is 26.2. The summed E-state index contributed by atoms with van der Waals surface area (Å²) in [5.74, 6) is 4.94. The number of hydrazine groups is 1. The number of rotatable bonds is 8. The number of fused-ring (bicyclic) bond motifs is 2. The average molecular weight is 650 g/mol. The van der Waals surface area contributed by atoms with E-state index < -0.39 is 12.2 Å². The van der Waals surface area contributed by atoms with Gasteiger partial charge in [0, 0.05) is 37.7 Å². The van der Waals surface area contributed by atoms with Crippen LogP contribution in [0.15, 0.2) is 72.8 Å². The van der Waals surface area contributed by atoms with Gasteiger partial charge in [0.15, 0.2) is 5.13 Å². The van der Waals surface area contributed by atoms with Gasteiger partial charge in [0.2, 0.25) is 17.6 Å². The zero-order chi connectivity index (χ0) is 33.1. The van der Waals surface area contributed by atoms with Gasteiger partial charge in [-0.15, -0.1) is 0 Å². The van der Waals surface area contributed by atoms with Crippen molar-refractivity contribution in [2.75, 3.05) is 32.4 Å². The molecule has 0 spiro atoms. The standard InChI is InChI=1S/C35H35N7O4S/c1-3-18-40(35(46)37-2)41-22-31(44)42-27(19-24-14-12-23(13-15-24)16-17-28(43)25-8-5-4-6-9-25)33(45)39(21-30(41)42)20-26-10-7-11-29-32(26)38-34(36)47-29/h4-15,27,30H,3,18-22H2,1-2H3,(H2,36,38)(H,37,46)/t27-,30+/m0/s1. The third-order valence-electron chi connectivity index (χ3n) is 8.38. The summed E-state index contributed by atoms with van der Waals surface area (Å²) in [6.07, 6.45) is 0.419. The van der Waals surface area contributed by atoms with E-state index in [2.05, 4.69) is 22.1 Å². The normalized spacial score (nSPS) is 17.7. The van der Waals surface area contributed by atoms with Gasteiger partial charge in [-0.25, -0.2) is 9.78 Å². The Labute approximate surface area is 276 Å². The van der Waals surface area contributed by atoms with E-state index in [1.807, 2.05) is 55.5 Å². The molecule has 0 unspecified atom stereocenters. The summed E-state index contributed by atoms with van der Waals surface area (Å²) in [6, 6.07) is 20.9. The molecule has 2 aliphatic heterocycles. The Morgan fingerprint density at radius 3 is 2.55 bits per heavy atom. The Morgan fingerprint density at radius 1 is 1.06 bits per heavy atom. The van der Waals surface area contributed by atoms with Crippen LogP contribution in [-0.4, -0.2) is 87.3 Å². The maximum Gasteiger partial charge on any atom is 0.331 e. The number of nitrogens with one attached hydrogen (secondary N) is 1. The second kappa shape index (κ2) is 13.6. The van der Waals surface area contributed by atoms with Crippen molar-refractivity contribution in [2.24, 2.45) is 0 Å². The molecule has 2 fully saturated rings. The van der Waals surface area contributed by atoms with E-state index in [0.717, 1.165) is 21.3 Å². The van der Waals surface area contributed by atoms with E-state index in [1.165, 1.54) is 11.3 Å². The molecule has 0 aliphatic carbocycles. The van der Waals surface area contributed by atoms with Crippen LogP contribution < -0.4 is 11.1 Å². The lowest BCUT2D eigenvalue weighted by atomic mass is 9.99. The molecule has 0 radical (unpaired) electrons. The second-order valence-corrected chi connectivity index (χ2v) is 12.5. The first-order valence-corrected chi connectivity index (χ1v) is 16.3.